The van der Waals surface area contributed by atoms with Gasteiger partial charge >= 0.3 is 0 Å². The average Bonchev–Trinajstić information content (AvgIpc) is 2.94. The van der Waals surface area contributed by atoms with Crippen LogP contribution in [0.4, 0.5) is 5.69 Å². The lowest BCUT2D eigenvalue weighted by atomic mass is 10.1. The van der Waals surface area contributed by atoms with Gasteiger partial charge in [0.15, 0.2) is 0 Å². The second-order valence-corrected chi connectivity index (χ2v) is 5.61. The van der Waals surface area contributed by atoms with Crippen LogP contribution in [0.5, 0.6) is 0 Å². The van der Waals surface area contributed by atoms with E-state index in [-0.39, 0.29) is 24.7 Å². The third-order valence-electron chi connectivity index (χ3n) is 3.39. The number of benzene rings is 1. The predicted octanol–water partition coefficient (Wildman–Crippen LogP) is 3.07. The molecule has 0 aliphatic carbocycles. The summed E-state index contributed by atoms with van der Waals surface area (Å²) in [5.74, 6) is 0.793. The van der Waals surface area contributed by atoms with Crippen molar-refractivity contribution in [1.29, 1.82) is 0 Å². The number of rotatable bonds is 6. The second kappa shape index (κ2) is 8.10. The fraction of sp³-hybridized carbons (Fsp3) is 0.278. The number of carbonyl (C=O) groups excluding carboxylic acids is 2. The van der Waals surface area contributed by atoms with E-state index in [2.05, 4.69) is 15.8 Å². The maximum absolute atomic E-state index is 11.9. The highest BCUT2D eigenvalue weighted by atomic mass is 16.3. The smallest absolute Gasteiger partial charge is 0.240 e. The number of furan rings is 1. The number of amides is 2. The molecule has 0 spiro atoms. The van der Waals surface area contributed by atoms with E-state index >= 15 is 0 Å². The van der Waals surface area contributed by atoms with Gasteiger partial charge < -0.3 is 9.73 Å². The van der Waals surface area contributed by atoms with Crippen molar-refractivity contribution in [3.8, 4) is 0 Å². The molecule has 2 amide bonds. The molecular formula is C18H21N3O3. The van der Waals surface area contributed by atoms with Crippen molar-refractivity contribution in [2.45, 2.75) is 33.6 Å². The Morgan fingerprint density at radius 2 is 1.83 bits per heavy atom. The Labute approximate surface area is 140 Å². The Kier molecular flexibility index (Phi) is 5.89. The van der Waals surface area contributed by atoms with Crippen molar-refractivity contribution in [3.05, 3.63) is 53.0 Å². The van der Waals surface area contributed by atoms with Crippen LogP contribution in [-0.2, 0) is 9.59 Å². The standard InChI is InChI=1S/C18H21N3O3/c1-12-4-5-13(2)16(10-12)20-17(22)8-9-18(23)21-19-11-15-7-6-14(3)24-15/h4-7,10-11H,8-9H2,1-3H3,(H,20,22)(H,21,23)/b19-11+. The predicted molar refractivity (Wildman–Crippen MR) is 93.0 cm³/mol. The van der Waals surface area contributed by atoms with E-state index in [1.807, 2.05) is 39.0 Å². The molecule has 126 valence electrons. The van der Waals surface area contributed by atoms with Gasteiger partial charge in [-0.3, -0.25) is 9.59 Å². The van der Waals surface area contributed by atoms with Crippen molar-refractivity contribution in [1.82, 2.24) is 5.43 Å². The molecule has 0 unspecified atom stereocenters. The largest absolute Gasteiger partial charge is 0.460 e. The van der Waals surface area contributed by atoms with Crippen LogP contribution in [-0.4, -0.2) is 18.0 Å². The van der Waals surface area contributed by atoms with Gasteiger partial charge in [-0.1, -0.05) is 12.1 Å². The Bertz CT molecular complexity index is 763. The molecule has 0 fully saturated rings. The van der Waals surface area contributed by atoms with Gasteiger partial charge in [-0.15, -0.1) is 0 Å². The number of nitrogens with zero attached hydrogens (tertiary/aromatic N) is 1. The zero-order valence-corrected chi connectivity index (χ0v) is 14.1. The quantitative estimate of drug-likeness (QED) is 0.632. The van der Waals surface area contributed by atoms with E-state index in [4.69, 9.17) is 4.42 Å². The summed E-state index contributed by atoms with van der Waals surface area (Å²) in [6.07, 6.45) is 1.57. The van der Waals surface area contributed by atoms with Gasteiger partial charge in [-0.2, -0.15) is 5.10 Å². The number of nitrogens with one attached hydrogen (secondary N) is 2. The van der Waals surface area contributed by atoms with Gasteiger partial charge in [0.05, 0.1) is 6.21 Å². The first kappa shape index (κ1) is 17.5. The van der Waals surface area contributed by atoms with Crippen LogP contribution < -0.4 is 10.7 Å². The minimum Gasteiger partial charge on any atom is -0.460 e. The summed E-state index contributed by atoms with van der Waals surface area (Å²) in [5, 5.41) is 6.61. The van der Waals surface area contributed by atoms with Crippen LogP contribution in [0, 0.1) is 20.8 Å². The fourth-order valence-electron chi connectivity index (χ4n) is 2.06. The maximum atomic E-state index is 11.9. The lowest BCUT2D eigenvalue weighted by Gasteiger charge is -2.09. The van der Waals surface area contributed by atoms with E-state index in [1.54, 1.807) is 12.1 Å². The molecule has 0 saturated carbocycles. The summed E-state index contributed by atoms with van der Waals surface area (Å²) in [7, 11) is 0. The molecule has 6 heteroatoms. The number of hydrogen-bond donors (Lipinski definition) is 2. The highest BCUT2D eigenvalue weighted by Crippen LogP contribution is 2.16. The maximum Gasteiger partial charge on any atom is 0.240 e. The molecule has 0 radical (unpaired) electrons. The summed E-state index contributed by atoms with van der Waals surface area (Å²) in [6.45, 7) is 5.71. The number of hydrogen-bond acceptors (Lipinski definition) is 4. The van der Waals surface area contributed by atoms with Gasteiger partial charge in [0.25, 0.3) is 0 Å². The minimum atomic E-state index is -0.328. The Hall–Kier alpha value is -2.89. The summed E-state index contributed by atoms with van der Waals surface area (Å²) < 4.78 is 5.29. The highest BCUT2D eigenvalue weighted by Gasteiger charge is 2.08. The first-order chi connectivity index (χ1) is 11.4. The lowest BCUT2D eigenvalue weighted by molar-refractivity contribution is -0.124. The molecule has 2 aromatic rings. The van der Waals surface area contributed by atoms with E-state index in [1.165, 1.54) is 6.21 Å². The molecule has 0 bridgehead atoms. The summed E-state index contributed by atoms with van der Waals surface area (Å²) in [4.78, 5) is 23.6. The zero-order chi connectivity index (χ0) is 17.5. The summed E-state index contributed by atoms with van der Waals surface area (Å²) in [6, 6.07) is 9.39. The van der Waals surface area contributed by atoms with E-state index in [0.717, 1.165) is 22.6 Å². The molecule has 0 aliphatic heterocycles. The molecule has 2 rings (SSSR count). The monoisotopic (exact) mass is 327 g/mol. The SMILES string of the molecule is Cc1ccc(C)c(NC(=O)CCC(=O)N/N=C/c2ccc(C)o2)c1. The van der Waals surface area contributed by atoms with Gasteiger partial charge in [0.2, 0.25) is 11.8 Å². The van der Waals surface area contributed by atoms with Crippen LogP contribution in [0.1, 0.15) is 35.5 Å². The Morgan fingerprint density at radius 3 is 2.54 bits per heavy atom. The molecular weight excluding hydrogens is 306 g/mol. The van der Waals surface area contributed by atoms with Crippen LogP contribution in [0.2, 0.25) is 0 Å². The molecule has 1 aromatic heterocycles. The fourth-order valence-corrected chi connectivity index (χ4v) is 2.06. The van der Waals surface area contributed by atoms with Gasteiger partial charge in [-0.05, 0) is 50.1 Å². The average molecular weight is 327 g/mol. The molecule has 0 saturated heterocycles. The number of hydrazone groups is 1. The van der Waals surface area contributed by atoms with Gasteiger partial charge in [-0.25, -0.2) is 5.43 Å². The van der Waals surface area contributed by atoms with Crippen LogP contribution in [0.3, 0.4) is 0 Å². The first-order valence-electron chi connectivity index (χ1n) is 7.69. The highest BCUT2D eigenvalue weighted by molar-refractivity contribution is 5.94. The van der Waals surface area contributed by atoms with Crippen molar-refractivity contribution in [3.63, 3.8) is 0 Å². The normalized spacial score (nSPS) is 10.8. The van der Waals surface area contributed by atoms with Crippen molar-refractivity contribution in [2.24, 2.45) is 5.10 Å². The molecule has 1 aromatic carbocycles. The lowest BCUT2D eigenvalue weighted by Crippen LogP contribution is -2.20. The third-order valence-corrected chi connectivity index (χ3v) is 3.39. The Morgan fingerprint density at radius 1 is 1.08 bits per heavy atom. The number of anilines is 1. The third kappa shape index (κ3) is 5.39. The number of aryl methyl sites for hydroxylation is 3. The topological polar surface area (TPSA) is 83.7 Å². The van der Waals surface area contributed by atoms with E-state index < -0.39 is 0 Å². The summed E-state index contributed by atoms with van der Waals surface area (Å²) in [5.41, 5.74) is 5.19. The number of carbonyl (C=O) groups is 2. The van der Waals surface area contributed by atoms with E-state index in [9.17, 15) is 9.59 Å². The molecule has 24 heavy (non-hydrogen) atoms. The minimum absolute atomic E-state index is 0.0607. The molecule has 6 nitrogen and oxygen atoms in total. The van der Waals surface area contributed by atoms with Crippen molar-refractivity contribution in [2.75, 3.05) is 5.32 Å². The first-order valence-corrected chi connectivity index (χ1v) is 7.69. The molecule has 1 heterocycles. The molecule has 0 aliphatic rings. The van der Waals surface area contributed by atoms with Crippen molar-refractivity contribution >= 4 is 23.7 Å². The van der Waals surface area contributed by atoms with Gasteiger partial charge in [0, 0.05) is 18.5 Å². The molecule has 2 N–H and O–H groups in total. The molecule has 0 atom stereocenters. The van der Waals surface area contributed by atoms with Crippen LogP contribution in [0.15, 0.2) is 39.9 Å². The Balaban J connectivity index is 1.75. The van der Waals surface area contributed by atoms with Gasteiger partial charge in [0.1, 0.15) is 11.5 Å². The van der Waals surface area contributed by atoms with E-state index in [0.29, 0.717) is 5.76 Å². The summed E-state index contributed by atoms with van der Waals surface area (Å²) >= 11 is 0. The van der Waals surface area contributed by atoms with Crippen LogP contribution in [0.25, 0.3) is 0 Å². The second-order valence-electron chi connectivity index (χ2n) is 5.61. The zero-order valence-electron chi connectivity index (χ0n) is 14.1. The van der Waals surface area contributed by atoms with Crippen molar-refractivity contribution < 1.29 is 14.0 Å². The van der Waals surface area contributed by atoms with Crippen LogP contribution >= 0.6 is 0 Å².